The van der Waals surface area contributed by atoms with E-state index in [1.165, 1.54) is 49.9 Å². The van der Waals surface area contributed by atoms with Gasteiger partial charge in [-0.25, -0.2) is 29.5 Å². The number of carbonyl (C=O) groups is 2. The van der Waals surface area contributed by atoms with Crippen molar-refractivity contribution >= 4 is 28.8 Å². The molecule has 1 amide bonds. The average molecular weight is 1450 g/mol. The van der Waals surface area contributed by atoms with E-state index in [4.69, 9.17) is 40.0 Å². The summed E-state index contributed by atoms with van der Waals surface area (Å²) in [6, 6.07) is 8.95. The lowest BCUT2D eigenvalue weighted by Gasteiger charge is -2.63. The number of non-ortho nitro benzene ring substituents is 1. The molecule has 23 heteroatoms. The van der Waals surface area contributed by atoms with Crippen molar-refractivity contribution in [3.63, 3.8) is 0 Å². The first-order valence-corrected chi connectivity index (χ1v) is 39.0. The van der Waals surface area contributed by atoms with E-state index in [9.17, 15) is 45.2 Å². The molecule has 568 valence electrons. The van der Waals surface area contributed by atoms with Gasteiger partial charge in [-0.2, -0.15) is 0 Å². The first kappa shape index (κ1) is 74.9. The second-order valence-electron chi connectivity index (χ2n) is 37.6. The number of fused-ring (bicyclic) bond motifs is 8. The van der Waals surface area contributed by atoms with Gasteiger partial charge < -0.3 is 63.6 Å². The predicted octanol–water partition coefficient (Wildman–Crippen LogP) is 13.1. The van der Waals surface area contributed by atoms with Crippen LogP contribution in [0.1, 0.15) is 200 Å². The van der Waals surface area contributed by atoms with Gasteiger partial charge in [-0.3, -0.25) is 10.1 Å². The molecule has 5 heterocycles. The molecule has 103 heavy (non-hydrogen) atoms. The summed E-state index contributed by atoms with van der Waals surface area (Å²) in [5.74, 6) is 3.16. The number of aliphatic hydroxyl groups excluding tert-OH is 3. The van der Waals surface area contributed by atoms with Crippen LogP contribution in [0.4, 0.5) is 15.3 Å². The zero-order valence-corrected chi connectivity index (χ0v) is 63.9. The Hall–Kier alpha value is -4.91. The Morgan fingerprint density at radius 1 is 0.612 bits per heavy atom. The maximum absolute atomic E-state index is 13.2. The lowest BCUT2D eigenvalue weighted by atomic mass is 9.41. The predicted molar refractivity (Wildman–Crippen MR) is 381 cm³/mol. The molecule has 5 N–H and O–H groups in total. The van der Waals surface area contributed by atoms with Crippen molar-refractivity contribution in [3.8, 4) is 17.8 Å². The van der Waals surface area contributed by atoms with Gasteiger partial charge in [0.05, 0.1) is 72.1 Å². The van der Waals surface area contributed by atoms with Gasteiger partial charge in [-0.15, -0.1) is 0 Å². The summed E-state index contributed by atoms with van der Waals surface area (Å²) in [5, 5.41) is 68.9. The molecule has 1 aromatic carbocycles. The van der Waals surface area contributed by atoms with Crippen LogP contribution < -0.4 is 14.2 Å². The van der Waals surface area contributed by atoms with Crippen molar-refractivity contribution in [2.24, 2.45) is 101 Å². The number of aliphatic hydroxyl groups is 5. The fourth-order valence-electron chi connectivity index (χ4n) is 27.2. The number of nitro groups is 1. The number of hydrogen-bond donors (Lipinski definition) is 5. The normalized spacial score (nSPS) is 44.5. The van der Waals surface area contributed by atoms with E-state index >= 15 is 0 Å². The largest absolute Gasteiger partial charge is 0.454 e. The standard InChI is InChI=1S/C39H59N3O7.C34H52N2O5.C7H4ClNO4/c1-23-21-24(31(35(4,5)45)49-32-40-15-8-16-41-32)47-29-28(23)36(6)13-14-39-22-38(39)12-11-27(48-33(44)42-17-19-46-20-18-42)34(2,3)25(38)9-10-26(39)37(36,7)30(29)43;1-19-17-20(27(30(4,5)39)41-28-35-15-8-16-36-28)40-25-24(19)31(6)13-14-34-18-33(34)12-11-23(37)29(2,3)21(33)9-10-22(34)32(31,7)26(25)38;8-7(10)13-6-3-1-5(2-4-6)9(11)12/h8,15-16,23-31,43,45H,9-14,17-22H2,1-7H3;8,15-16,19-27,37-39H,9-14,17-18H2,1-7H3;1-4H/t23-,24-,25+,26+,27+,28+,29+,30+,31+,36-,37-,38-,39+;19-,20-,21+,22+,23+,24+,25+,26+,27+,31-,32-,33-,34+;/m11./s1. The molecule has 10 aliphatic carbocycles. The van der Waals surface area contributed by atoms with Gasteiger partial charge in [0, 0.05) is 77.9 Å². The van der Waals surface area contributed by atoms with Crippen LogP contribution in [0.25, 0.3) is 0 Å². The van der Waals surface area contributed by atoms with E-state index < -0.39 is 52.1 Å². The summed E-state index contributed by atoms with van der Waals surface area (Å²) in [6.07, 6.45) is 19.3. The zero-order chi connectivity index (χ0) is 74.0. The van der Waals surface area contributed by atoms with Gasteiger partial charge in [0.15, 0.2) is 12.2 Å². The number of nitro benzene ring substituents is 1. The highest BCUT2D eigenvalue weighted by Gasteiger charge is 2.87. The van der Waals surface area contributed by atoms with E-state index in [1.807, 2.05) is 4.90 Å². The van der Waals surface area contributed by atoms with E-state index in [1.54, 1.807) is 64.6 Å². The van der Waals surface area contributed by atoms with Gasteiger partial charge in [0.2, 0.25) is 0 Å². The minimum atomic E-state index is -1.20. The van der Waals surface area contributed by atoms with Crippen LogP contribution >= 0.6 is 11.6 Å². The number of morpholine rings is 1. The number of nitrogens with zero attached hydrogens (tertiary/aromatic N) is 6. The summed E-state index contributed by atoms with van der Waals surface area (Å²) in [6.45, 7) is 33.1. The summed E-state index contributed by atoms with van der Waals surface area (Å²) >= 11 is 4.92. The first-order chi connectivity index (χ1) is 48.3. The maximum atomic E-state index is 13.2. The van der Waals surface area contributed by atoms with Crippen molar-refractivity contribution in [1.29, 1.82) is 0 Å². The van der Waals surface area contributed by atoms with Crippen LogP contribution in [0.5, 0.6) is 17.8 Å². The van der Waals surface area contributed by atoms with E-state index in [-0.39, 0.29) is 127 Å². The van der Waals surface area contributed by atoms with Gasteiger partial charge in [-0.05, 0) is 240 Å². The van der Waals surface area contributed by atoms with Crippen molar-refractivity contribution in [2.75, 3.05) is 26.3 Å². The summed E-state index contributed by atoms with van der Waals surface area (Å²) < 4.78 is 42.6. The minimum Gasteiger partial charge on any atom is -0.454 e. The number of amides is 1. The number of rotatable bonds is 11. The Morgan fingerprint density at radius 3 is 1.46 bits per heavy atom. The molecule has 3 aromatic rings. The van der Waals surface area contributed by atoms with Crippen molar-refractivity contribution in [1.82, 2.24) is 24.8 Å². The smallest absolute Gasteiger partial charge is 0.410 e. The summed E-state index contributed by atoms with van der Waals surface area (Å²) in [7, 11) is 0. The van der Waals surface area contributed by atoms with Crippen LogP contribution in [0, 0.1) is 112 Å². The van der Waals surface area contributed by atoms with Crippen LogP contribution in [-0.4, -0.2) is 165 Å². The highest BCUT2D eigenvalue weighted by atomic mass is 35.5. The Morgan fingerprint density at radius 2 is 1.03 bits per heavy atom. The SMILES string of the molecule is C[C@@H]1C[C@H]([C@H](Oc2ncccn2)C(C)(C)O)O[C@H]2[C@H]1[C@@]1(C)CC[C@@]34C[C@@]35CC[C@H](O)C(C)(C)[C@@H]5CC[C@H]4[C@]1(C)[C@H]2O.C[C@@H]1C[C@H]([C@H](Oc2ncccn2)C(C)(C)O)O[C@H]2[C@H]1[C@@]1(C)CC[C@@]34C[C@@]35CC[C@H](OC(=O)N3CCOCC3)C(C)(C)[C@@H]5CC[C@H]4[C@]1(C)[C@H]2O.O=C(Cl)Oc1ccc([N+](=O)[O-])cc1. The molecule has 4 spiro atoms. The molecule has 3 saturated heterocycles. The fourth-order valence-corrected chi connectivity index (χ4v) is 27.3. The summed E-state index contributed by atoms with van der Waals surface area (Å²) in [5.41, 5.74) is -3.17. The Labute approximate surface area is 612 Å². The molecule has 16 rings (SSSR count). The van der Waals surface area contributed by atoms with Crippen LogP contribution in [0.15, 0.2) is 61.2 Å². The summed E-state index contributed by atoms with van der Waals surface area (Å²) in [4.78, 5) is 51.9. The maximum Gasteiger partial charge on any atom is 0.410 e. The van der Waals surface area contributed by atoms with Crippen molar-refractivity contribution < 1.29 is 73.2 Å². The topological polar surface area (TPSA) is 298 Å². The molecule has 22 nitrogen and oxygen atoms in total. The number of aromatic nitrogens is 4. The van der Waals surface area contributed by atoms with Crippen molar-refractivity contribution in [3.05, 3.63) is 71.3 Å². The molecule has 0 radical (unpaired) electrons. The number of ether oxygens (including phenoxy) is 7. The van der Waals surface area contributed by atoms with Gasteiger partial charge >= 0.3 is 23.5 Å². The molecular weight excluding hydrogens is 1340 g/mol. The Bertz CT molecular complexity index is 3640. The lowest BCUT2D eigenvalue weighted by molar-refractivity contribution is -0.384. The van der Waals surface area contributed by atoms with Crippen LogP contribution in [0.2, 0.25) is 0 Å². The third kappa shape index (κ3) is 11.4. The Kier molecular flexibility index (Phi) is 18.8. The molecule has 13 aliphatic rings. The third-order valence-corrected chi connectivity index (χ3v) is 32.0. The molecule has 0 bridgehead atoms. The van der Waals surface area contributed by atoms with Crippen LogP contribution in [-0.2, 0) is 18.9 Å². The number of benzene rings is 1. The Balaban J connectivity index is 0.000000150. The quantitative estimate of drug-likeness (QED) is 0.0677. The molecule has 26 atom stereocenters. The van der Waals surface area contributed by atoms with Gasteiger partial charge in [-0.1, -0.05) is 69.2 Å². The monoisotopic (exact) mass is 1450 g/mol. The van der Waals surface area contributed by atoms with Crippen molar-refractivity contribution in [2.45, 2.75) is 272 Å². The zero-order valence-electron chi connectivity index (χ0n) is 63.1. The molecule has 10 saturated carbocycles. The fraction of sp³-hybridized carbons (Fsp3) is 0.800. The second-order valence-corrected chi connectivity index (χ2v) is 37.9. The lowest BCUT2D eigenvalue weighted by Crippen LogP contribution is -2.60. The van der Waals surface area contributed by atoms with E-state index in [0.29, 0.717) is 61.3 Å². The van der Waals surface area contributed by atoms with E-state index in [0.717, 1.165) is 77.0 Å². The van der Waals surface area contributed by atoms with Gasteiger partial charge in [0.25, 0.3) is 5.69 Å². The number of hydrogen-bond acceptors (Lipinski definition) is 20. The average Bonchev–Trinajstić information content (AvgIpc) is 1.47. The van der Waals surface area contributed by atoms with E-state index in [2.05, 4.69) is 93.9 Å². The molecule has 3 aliphatic heterocycles. The minimum absolute atomic E-state index is 0.0225. The molecule has 0 unspecified atom stereocenters. The third-order valence-electron chi connectivity index (χ3n) is 31.9. The van der Waals surface area contributed by atoms with Crippen LogP contribution in [0.3, 0.4) is 0 Å². The first-order valence-electron chi connectivity index (χ1n) is 38.7. The molecule has 13 fully saturated rings. The molecule has 2 aromatic heterocycles. The highest BCUT2D eigenvalue weighted by molar-refractivity contribution is 6.61. The highest BCUT2D eigenvalue weighted by Crippen LogP contribution is 2.91. The number of halogens is 1. The second kappa shape index (κ2) is 25.9. The number of carbonyl (C=O) groups excluding carboxylic acids is 2. The molecular formula is C80H115ClN6O16. The van der Waals surface area contributed by atoms with Gasteiger partial charge in [0.1, 0.15) is 11.9 Å².